The van der Waals surface area contributed by atoms with Gasteiger partial charge in [0.05, 0.1) is 0 Å². The van der Waals surface area contributed by atoms with E-state index in [2.05, 4.69) is 0 Å². The van der Waals surface area contributed by atoms with Crippen LogP contribution in [0.3, 0.4) is 0 Å². The predicted octanol–water partition coefficient (Wildman–Crippen LogP) is -0.500. The van der Waals surface area contributed by atoms with Crippen LogP contribution in [0, 0.1) is 0 Å². The first-order valence-electron chi connectivity index (χ1n) is 4.12. The van der Waals surface area contributed by atoms with Gasteiger partial charge < -0.3 is 51.4 Å². The van der Waals surface area contributed by atoms with E-state index in [0.29, 0.717) is 0 Å². The molecule has 0 atom stereocenters. The number of hydrogen-bond acceptors (Lipinski definition) is 6. The first-order valence-corrected chi connectivity index (χ1v) is 12.4. The van der Waals surface area contributed by atoms with Crippen LogP contribution in [-0.4, -0.2) is 65.8 Å². The summed E-state index contributed by atoms with van der Waals surface area (Å²) in [7, 11) is -14.6. The molecule has 0 aromatic heterocycles. The van der Waals surface area contributed by atoms with Gasteiger partial charge in [-0.05, 0) is 0 Å². The molecule has 0 fully saturated rings. The van der Waals surface area contributed by atoms with Crippen molar-refractivity contribution in [3.63, 3.8) is 0 Å². The van der Waals surface area contributed by atoms with Gasteiger partial charge in [-0.2, -0.15) is 0 Å². The Morgan fingerprint density at radius 1 is 0.409 bits per heavy atom. The molecular formula is C4H26N2O12P4. The van der Waals surface area contributed by atoms with Gasteiger partial charge in [0, 0.05) is 26.7 Å². The van der Waals surface area contributed by atoms with Gasteiger partial charge in [-0.15, -0.1) is 0 Å². The second-order valence-corrected chi connectivity index (χ2v) is 10.0. The van der Waals surface area contributed by atoms with Crippen LogP contribution in [0.5, 0.6) is 0 Å². The maximum atomic E-state index is 9.33. The molecule has 18 heteroatoms. The van der Waals surface area contributed by atoms with E-state index in [4.69, 9.17) is 39.1 Å². The lowest BCUT2D eigenvalue weighted by molar-refractivity contribution is 0.379. The lowest BCUT2D eigenvalue weighted by Crippen LogP contribution is -1.64. The fourth-order valence-electron chi connectivity index (χ4n) is 0. The van der Waals surface area contributed by atoms with Crippen LogP contribution in [0.15, 0.2) is 0 Å². The quantitative estimate of drug-likeness (QED) is 0.222. The van der Waals surface area contributed by atoms with Crippen molar-refractivity contribution in [2.45, 2.75) is 0 Å². The SMILES string of the molecule is CP(=O)(O)O.CP(=O)(O)O.CP(=O)(O)O.CP(=O)(O)O.N.N. The number of hydrogen-bond donors (Lipinski definition) is 10. The van der Waals surface area contributed by atoms with E-state index < -0.39 is 30.4 Å². The van der Waals surface area contributed by atoms with E-state index in [0.717, 1.165) is 26.7 Å². The highest BCUT2D eigenvalue weighted by Crippen LogP contribution is 2.27. The minimum absolute atomic E-state index is 0. The Balaban J connectivity index is -0.0000000376. The molecule has 0 aliphatic carbocycles. The first-order chi connectivity index (χ1) is 8.00. The fraction of sp³-hybridized carbons (Fsp3) is 1.00. The summed E-state index contributed by atoms with van der Waals surface area (Å²) in [5, 5.41) is 0. The van der Waals surface area contributed by atoms with E-state index >= 15 is 0 Å². The molecule has 0 saturated heterocycles. The van der Waals surface area contributed by atoms with Crippen molar-refractivity contribution >= 4 is 30.4 Å². The van der Waals surface area contributed by atoms with Crippen LogP contribution in [0.1, 0.15) is 0 Å². The van der Waals surface area contributed by atoms with Crippen LogP contribution in [0.2, 0.25) is 0 Å². The molecule has 0 heterocycles. The lowest BCUT2D eigenvalue weighted by Gasteiger charge is -1.84. The molecule has 22 heavy (non-hydrogen) atoms. The molecule has 0 rings (SSSR count). The maximum Gasteiger partial charge on any atom is 0.322 e. The molecule has 0 aromatic rings. The van der Waals surface area contributed by atoms with Crippen molar-refractivity contribution < 1.29 is 57.4 Å². The molecule has 0 radical (unpaired) electrons. The standard InChI is InChI=1S/4CH5O3P.2H3N/c4*1-5(2,3)4;;/h4*1H3,(H2,2,3,4);2*1H3. The normalized spacial score (nSPS) is 10.7. The molecule has 0 aliphatic rings. The lowest BCUT2D eigenvalue weighted by atomic mass is 12.0. The smallest absolute Gasteiger partial charge is 0.322 e. The molecule has 0 aliphatic heterocycles. The summed E-state index contributed by atoms with van der Waals surface area (Å²) in [5.41, 5.74) is 0. The van der Waals surface area contributed by atoms with Crippen LogP contribution in [-0.2, 0) is 18.3 Å². The Hall–Kier alpha value is 0.520. The van der Waals surface area contributed by atoms with Crippen molar-refractivity contribution in [2.75, 3.05) is 26.7 Å². The zero-order valence-corrected chi connectivity index (χ0v) is 16.0. The average Bonchev–Trinajstić information content (AvgIpc) is 1.62. The highest BCUT2D eigenvalue weighted by molar-refractivity contribution is 7.51. The van der Waals surface area contributed by atoms with Crippen LogP contribution < -0.4 is 12.3 Å². The molecular weight excluding hydrogens is 392 g/mol. The molecule has 0 unspecified atom stereocenters. The Morgan fingerprint density at radius 2 is 0.409 bits per heavy atom. The third-order valence-corrected chi connectivity index (χ3v) is 0. The molecule has 0 bridgehead atoms. The summed E-state index contributed by atoms with van der Waals surface area (Å²) in [4.78, 5) is 61.1. The molecule has 0 spiro atoms. The van der Waals surface area contributed by atoms with Gasteiger partial charge in [0.25, 0.3) is 0 Å². The van der Waals surface area contributed by atoms with Crippen molar-refractivity contribution in [3.05, 3.63) is 0 Å². The molecule has 144 valence electrons. The molecule has 14 N–H and O–H groups in total. The molecule has 0 aromatic carbocycles. The second kappa shape index (κ2) is 15.1. The minimum Gasteiger partial charge on any atom is -0.344 e. The molecule has 0 amide bonds. The third kappa shape index (κ3) is 28900. The van der Waals surface area contributed by atoms with Gasteiger partial charge in [-0.25, -0.2) is 0 Å². The summed E-state index contributed by atoms with van der Waals surface area (Å²) < 4.78 is 37.3. The zero-order chi connectivity index (χ0) is 18.0. The van der Waals surface area contributed by atoms with Gasteiger partial charge in [0.1, 0.15) is 0 Å². The zero-order valence-electron chi connectivity index (χ0n) is 12.4. The Kier molecular flexibility index (Phi) is 26.2. The van der Waals surface area contributed by atoms with Gasteiger partial charge in [-0.1, -0.05) is 0 Å². The maximum absolute atomic E-state index is 9.33. The Morgan fingerprint density at radius 3 is 0.409 bits per heavy atom. The highest BCUT2D eigenvalue weighted by Gasteiger charge is 1.96. The minimum atomic E-state index is -3.64. The summed E-state index contributed by atoms with van der Waals surface area (Å²) in [6, 6.07) is 0. The summed E-state index contributed by atoms with van der Waals surface area (Å²) in [6.07, 6.45) is 0. The van der Waals surface area contributed by atoms with Crippen molar-refractivity contribution in [2.24, 2.45) is 0 Å². The van der Waals surface area contributed by atoms with Gasteiger partial charge in [0.2, 0.25) is 0 Å². The van der Waals surface area contributed by atoms with Gasteiger partial charge in [0.15, 0.2) is 0 Å². The molecule has 14 nitrogen and oxygen atoms in total. The average molecular weight is 418 g/mol. The first kappa shape index (κ1) is 38.2. The second-order valence-electron chi connectivity index (χ2n) is 3.34. The summed E-state index contributed by atoms with van der Waals surface area (Å²) in [6.45, 7) is 3.42. The third-order valence-electron chi connectivity index (χ3n) is 0. The fourth-order valence-corrected chi connectivity index (χ4v) is 0. The van der Waals surface area contributed by atoms with E-state index in [1.165, 1.54) is 0 Å². The van der Waals surface area contributed by atoms with Crippen molar-refractivity contribution in [1.29, 1.82) is 0 Å². The van der Waals surface area contributed by atoms with Crippen LogP contribution >= 0.6 is 30.4 Å². The Labute approximate surface area is 127 Å². The largest absolute Gasteiger partial charge is 0.344 e. The van der Waals surface area contributed by atoms with E-state index in [-0.39, 0.29) is 12.3 Å². The van der Waals surface area contributed by atoms with Gasteiger partial charge >= 0.3 is 30.4 Å². The van der Waals surface area contributed by atoms with E-state index in [1.807, 2.05) is 0 Å². The summed E-state index contributed by atoms with van der Waals surface area (Å²) in [5.74, 6) is 0. The summed E-state index contributed by atoms with van der Waals surface area (Å²) >= 11 is 0. The number of rotatable bonds is 0. The topological polar surface area (TPSA) is 300 Å². The molecule has 0 saturated carbocycles. The van der Waals surface area contributed by atoms with Crippen LogP contribution in [0.25, 0.3) is 0 Å². The van der Waals surface area contributed by atoms with E-state index in [1.54, 1.807) is 0 Å². The van der Waals surface area contributed by atoms with Crippen molar-refractivity contribution in [3.8, 4) is 0 Å². The highest BCUT2D eigenvalue weighted by atomic mass is 31.2. The van der Waals surface area contributed by atoms with Crippen molar-refractivity contribution in [1.82, 2.24) is 12.3 Å². The monoisotopic (exact) mass is 418 g/mol. The van der Waals surface area contributed by atoms with Crippen LogP contribution in [0.4, 0.5) is 0 Å². The predicted molar refractivity (Wildman–Crippen MR) is 81.9 cm³/mol. The van der Waals surface area contributed by atoms with Gasteiger partial charge in [-0.3, -0.25) is 18.3 Å². The van der Waals surface area contributed by atoms with E-state index in [9.17, 15) is 18.3 Å². The Bertz CT molecular complexity index is 302.